The van der Waals surface area contributed by atoms with Gasteiger partial charge in [-0.15, -0.1) is 0 Å². The molecule has 37 heavy (non-hydrogen) atoms. The van der Waals surface area contributed by atoms with Crippen molar-refractivity contribution in [3.63, 3.8) is 0 Å². The van der Waals surface area contributed by atoms with E-state index in [4.69, 9.17) is 4.74 Å². The Balaban J connectivity index is 1.68. The number of esters is 1. The molecule has 5 heteroatoms. The lowest BCUT2D eigenvalue weighted by molar-refractivity contribution is -0.142. The Hall–Kier alpha value is -1.46. The van der Waals surface area contributed by atoms with Crippen LogP contribution in [0.2, 0.25) is 0 Å². The van der Waals surface area contributed by atoms with Crippen molar-refractivity contribution in [1.82, 2.24) is 0 Å². The minimum atomic E-state index is -1.07. The zero-order valence-corrected chi connectivity index (χ0v) is 24.6. The molecule has 2 fully saturated rings. The average Bonchev–Trinajstić information content (AvgIpc) is 3.10. The highest BCUT2D eigenvalue weighted by Gasteiger charge is 2.65. The predicted molar refractivity (Wildman–Crippen MR) is 146 cm³/mol. The van der Waals surface area contributed by atoms with Gasteiger partial charge in [-0.3, -0.25) is 4.79 Å². The molecule has 4 aliphatic rings. The maximum atomic E-state index is 13.4. The normalized spacial score (nSPS) is 40.5. The molecule has 0 aromatic heterocycles. The van der Waals surface area contributed by atoms with Gasteiger partial charge in [0.2, 0.25) is 0 Å². The van der Waals surface area contributed by atoms with Crippen LogP contribution < -0.4 is 0 Å². The Labute approximate surface area is 224 Å². The van der Waals surface area contributed by atoms with Gasteiger partial charge in [0.25, 0.3) is 0 Å². The van der Waals surface area contributed by atoms with Gasteiger partial charge in [0.15, 0.2) is 5.78 Å². The van der Waals surface area contributed by atoms with Gasteiger partial charge < -0.3 is 14.9 Å². The molecule has 0 aliphatic heterocycles. The van der Waals surface area contributed by atoms with Crippen molar-refractivity contribution in [3.8, 4) is 0 Å². The lowest BCUT2D eigenvalue weighted by Crippen LogP contribution is -2.56. The van der Waals surface area contributed by atoms with E-state index >= 15 is 0 Å². The van der Waals surface area contributed by atoms with Crippen LogP contribution in [0, 0.1) is 45.3 Å². The third-order valence-electron chi connectivity index (χ3n) is 12.0. The number of ketones is 1. The van der Waals surface area contributed by atoms with Crippen LogP contribution in [0.15, 0.2) is 23.3 Å². The van der Waals surface area contributed by atoms with E-state index in [1.54, 1.807) is 13.8 Å². The van der Waals surface area contributed by atoms with Crippen LogP contribution in [0.25, 0.3) is 0 Å². The van der Waals surface area contributed by atoms with E-state index in [-0.39, 0.29) is 33.5 Å². The van der Waals surface area contributed by atoms with E-state index in [1.165, 1.54) is 25.5 Å². The number of hydrogen-bond donors (Lipinski definition) is 2. The van der Waals surface area contributed by atoms with E-state index in [1.807, 2.05) is 19.9 Å². The molecule has 4 rings (SSSR count). The van der Waals surface area contributed by atoms with Gasteiger partial charge in [-0.2, -0.15) is 0 Å². The molecule has 0 amide bonds. The number of rotatable bonds is 6. The molecule has 0 heterocycles. The van der Waals surface area contributed by atoms with Crippen molar-refractivity contribution in [2.45, 2.75) is 112 Å². The highest BCUT2D eigenvalue weighted by molar-refractivity contribution is 6.20. The minimum absolute atomic E-state index is 0.0873. The number of allylic oxidation sites excluding steroid dienone is 3. The smallest absolute Gasteiger partial charge is 0.341 e. The van der Waals surface area contributed by atoms with Crippen LogP contribution in [0.4, 0.5) is 0 Å². The number of hydrogen-bond acceptors (Lipinski definition) is 5. The van der Waals surface area contributed by atoms with E-state index in [0.29, 0.717) is 24.2 Å². The molecule has 208 valence electrons. The molecular formula is C32H50O5. The summed E-state index contributed by atoms with van der Waals surface area (Å²) >= 11 is 0. The van der Waals surface area contributed by atoms with E-state index < -0.39 is 23.1 Å². The fraction of sp³-hybridized carbons (Fsp3) is 0.812. The quantitative estimate of drug-likeness (QED) is 0.257. The summed E-state index contributed by atoms with van der Waals surface area (Å²) in [5, 5.41) is 20.6. The third kappa shape index (κ3) is 4.09. The van der Waals surface area contributed by atoms with Crippen LogP contribution in [0.5, 0.6) is 0 Å². The first-order valence-corrected chi connectivity index (χ1v) is 14.4. The number of Topliss-reactive ketones (excluding diaryl/α,β-unsaturated/α-hetero) is 1. The third-order valence-corrected chi connectivity index (χ3v) is 12.0. The van der Waals surface area contributed by atoms with Crippen molar-refractivity contribution >= 4 is 11.8 Å². The van der Waals surface area contributed by atoms with Gasteiger partial charge in [-0.05, 0) is 93.3 Å². The van der Waals surface area contributed by atoms with Crippen molar-refractivity contribution in [3.05, 3.63) is 23.3 Å². The van der Waals surface area contributed by atoms with Crippen molar-refractivity contribution < 1.29 is 24.5 Å². The van der Waals surface area contributed by atoms with Gasteiger partial charge in [0, 0.05) is 10.8 Å². The zero-order valence-electron chi connectivity index (χ0n) is 24.6. The topological polar surface area (TPSA) is 83.8 Å². The van der Waals surface area contributed by atoms with Gasteiger partial charge in [-0.1, -0.05) is 59.3 Å². The molecule has 0 radical (unpaired) electrons. The maximum absolute atomic E-state index is 13.4. The van der Waals surface area contributed by atoms with Crippen LogP contribution in [0.1, 0.15) is 100 Å². The molecule has 0 saturated heterocycles. The number of fused-ring (bicyclic) bond motifs is 5. The summed E-state index contributed by atoms with van der Waals surface area (Å²) in [7, 11) is 1.36. The van der Waals surface area contributed by atoms with Crippen LogP contribution in [0.3, 0.4) is 0 Å². The van der Waals surface area contributed by atoms with Gasteiger partial charge in [0.1, 0.15) is 5.57 Å². The van der Waals surface area contributed by atoms with Crippen LogP contribution in [-0.2, 0) is 14.3 Å². The van der Waals surface area contributed by atoms with Crippen molar-refractivity contribution in [2.24, 2.45) is 45.3 Å². The van der Waals surface area contributed by atoms with Crippen LogP contribution >= 0.6 is 0 Å². The predicted octanol–water partition coefficient (Wildman–Crippen LogP) is 6.03. The SMILES string of the molecule is COC(=O)C1=C[C@]2(C)C3=CC[C@]4(C)[C@@H]([C@H](C)CC[C@@H](O)C(C)(C)O)CC[C@]4(C)C3CCC2C(C)(C)C1=O. The first-order chi connectivity index (χ1) is 16.9. The lowest BCUT2D eigenvalue weighted by Gasteiger charge is -2.62. The lowest BCUT2D eigenvalue weighted by atomic mass is 9.42. The fourth-order valence-electron chi connectivity index (χ4n) is 9.47. The standard InChI is InChI=1S/C32H50O5/c1-19(10-13-25(33)29(4,5)36)21-14-16-32(8)23-11-12-24-28(2,3)26(34)20(27(35)37-9)18-30(24,6)22(23)15-17-31(21,32)7/h15,18-19,21,23-25,33,36H,10-14,16-17H2,1-9H3/t19-,21-,23?,24?,25-,30-,31-,32-/m1/s1. The zero-order chi connectivity index (χ0) is 27.8. The van der Waals surface area contributed by atoms with Gasteiger partial charge in [-0.25, -0.2) is 4.79 Å². The second kappa shape index (κ2) is 9.05. The molecule has 0 spiro atoms. The maximum Gasteiger partial charge on any atom is 0.341 e. The summed E-state index contributed by atoms with van der Waals surface area (Å²) in [5.74, 6) is 0.996. The molecule has 2 saturated carbocycles. The Morgan fingerprint density at radius 1 is 1.11 bits per heavy atom. The van der Waals surface area contributed by atoms with Crippen molar-refractivity contribution in [2.75, 3.05) is 7.11 Å². The summed E-state index contributed by atoms with van der Waals surface area (Å²) in [6, 6.07) is 0. The van der Waals surface area contributed by atoms with E-state index in [2.05, 4.69) is 33.8 Å². The number of carbonyl (C=O) groups excluding carboxylic acids is 2. The fourth-order valence-corrected chi connectivity index (χ4v) is 9.47. The van der Waals surface area contributed by atoms with Crippen molar-refractivity contribution in [1.29, 1.82) is 0 Å². The Morgan fingerprint density at radius 2 is 1.76 bits per heavy atom. The number of ether oxygens (including phenoxy) is 1. The summed E-state index contributed by atoms with van der Waals surface area (Å²) in [5.41, 5.74) is -0.0902. The molecule has 2 unspecified atom stereocenters. The first-order valence-electron chi connectivity index (χ1n) is 14.4. The van der Waals surface area contributed by atoms with Gasteiger partial charge >= 0.3 is 5.97 Å². The highest BCUT2D eigenvalue weighted by Crippen LogP contribution is 2.72. The molecule has 0 aromatic carbocycles. The van der Waals surface area contributed by atoms with E-state index in [0.717, 1.165) is 25.7 Å². The number of carbonyl (C=O) groups is 2. The highest BCUT2D eigenvalue weighted by atomic mass is 16.5. The Bertz CT molecular complexity index is 1010. The molecule has 0 bridgehead atoms. The molecule has 0 aromatic rings. The molecule has 8 atom stereocenters. The molecule has 2 N–H and O–H groups in total. The molecule has 4 aliphatic carbocycles. The Morgan fingerprint density at radius 3 is 2.35 bits per heavy atom. The summed E-state index contributed by atoms with van der Waals surface area (Å²) in [6.07, 6.45) is 10.7. The molecular weight excluding hydrogens is 464 g/mol. The number of methoxy groups -OCH3 is 1. The van der Waals surface area contributed by atoms with Gasteiger partial charge in [0.05, 0.1) is 18.8 Å². The largest absolute Gasteiger partial charge is 0.465 e. The van der Waals surface area contributed by atoms with E-state index in [9.17, 15) is 19.8 Å². The second-order valence-electron chi connectivity index (χ2n) is 14.6. The summed E-state index contributed by atoms with van der Waals surface area (Å²) in [6.45, 7) is 17.0. The number of aliphatic hydroxyl groups is 2. The molecule has 5 nitrogen and oxygen atoms in total. The van der Waals surface area contributed by atoms with Crippen LogP contribution in [-0.4, -0.2) is 40.8 Å². The first kappa shape index (κ1) is 28.5. The second-order valence-corrected chi connectivity index (χ2v) is 14.6. The monoisotopic (exact) mass is 514 g/mol. The summed E-state index contributed by atoms with van der Waals surface area (Å²) in [4.78, 5) is 26.0. The number of aliphatic hydroxyl groups excluding tert-OH is 1. The average molecular weight is 515 g/mol. The minimum Gasteiger partial charge on any atom is -0.465 e. The summed E-state index contributed by atoms with van der Waals surface area (Å²) < 4.78 is 5.04. The Kier molecular flexibility index (Phi) is 6.98.